The monoisotopic (exact) mass is 275 g/mol. The van der Waals surface area contributed by atoms with Crippen molar-refractivity contribution >= 4 is 17.7 Å². The minimum Gasteiger partial charge on any atom is -0.480 e. The number of nitriles is 1. The number of urea groups is 1. The van der Waals surface area contributed by atoms with Crippen LogP contribution in [0.4, 0.5) is 10.5 Å². The van der Waals surface area contributed by atoms with Gasteiger partial charge >= 0.3 is 12.0 Å². The largest absolute Gasteiger partial charge is 0.480 e. The molecule has 0 spiro atoms. The molecule has 0 aliphatic carbocycles. The Balaban J connectivity index is 2.80. The summed E-state index contributed by atoms with van der Waals surface area (Å²) in [6.45, 7) is 3.45. The van der Waals surface area contributed by atoms with Crippen LogP contribution in [0.2, 0.25) is 0 Å². The summed E-state index contributed by atoms with van der Waals surface area (Å²) in [6.07, 6.45) is 0. The number of carboxylic acid groups (broad SMARTS) is 1. The third kappa shape index (κ3) is 3.72. The van der Waals surface area contributed by atoms with Crippen molar-refractivity contribution in [1.29, 1.82) is 5.26 Å². The minimum atomic E-state index is -1.07. The molecule has 0 unspecified atom stereocenters. The van der Waals surface area contributed by atoms with Crippen LogP contribution in [0, 0.1) is 17.2 Å². The molecule has 6 heteroatoms. The molecule has 0 fully saturated rings. The molecular formula is C14H17N3O3. The lowest BCUT2D eigenvalue weighted by Gasteiger charge is -2.23. The molecule has 0 aliphatic heterocycles. The maximum Gasteiger partial charge on any atom is 0.326 e. The van der Waals surface area contributed by atoms with E-state index in [2.05, 4.69) is 5.32 Å². The fraction of sp³-hybridized carbons (Fsp3) is 0.357. The second kappa shape index (κ2) is 6.57. The van der Waals surface area contributed by atoms with Gasteiger partial charge in [0.1, 0.15) is 6.04 Å². The lowest BCUT2D eigenvalue weighted by Crippen LogP contribution is -2.49. The molecule has 0 saturated heterocycles. The normalized spacial score (nSPS) is 11.6. The Morgan fingerprint density at radius 2 is 1.85 bits per heavy atom. The fourth-order valence-corrected chi connectivity index (χ4v) is 1.62. The summed E-state index contributed by atoms with van der Waals surface area (Å²) in [5, 5.41) is 20.2. The number of nitrogens with one attached hydrogen (secondary N) is 1. The molecule has 1 rings (SSSR count). The number of hydrogen-bond acceptors (Lipinski definition) is 3. The first-order valence-corrected chi connectivity index (χ1v) is 6.14. The number of amides is 2. The Morgan fingerprint density at radius 1 is 1.30 bits per heavy atom. The van der Waals surface area contributed by atoms with E-state index in [1.54, 1.807) is 38.1 Å². The second-order valence-corrected chi connectivity index (χ2v) is 4.73. The maximum atomic E-state index is 12.0. The number of carbonyl (C=O) groups excluding carboxylic acids is 1. The lowest BCUT2D eigenvalue weighted by atomic mass is 10.1. The van der Waals surface area contributed by atoms with Gasteiger partial charge in [-0.2, -0.15) is 5.26 Å². The molecule has 20 heavy (non-hydrogen) atoms. The van der Waals surface area contributed by atoms with Crippen LogP contribution in [-0.4, -0.2) is 30.2 Å². The Labute approximate surface area is 117 Å². The number of anilines is 1. The predicted molar refractivity (Wildman–Crippen MR) is 74.4 cm³/mol. The molecular weight excluding hydrogens is 258 g/mol. The maximum absolute atomic E-state index is 12.0. The average molecular weight is 275 g/mol. The number of carboxylic acids is 1. The van der Waals surface area contributed by atoms with Crippen LogP contribution in [-0.2, 0) is 4.79 Å². The molecule has 1 atom stereocenters. The van der Waals surface area contributed by atoms with E-state index < -0.39 is 18.0 Å². The topological polar surface area (TPSA) is 93.4 Å². The average Bonchev–Trinajstić information content (AvgIpc) is 2.43. The molecule has 0 radical (unpaired) electrons. The number of rotatable bonds is 4. The van der Waals surface area contributed by atoms with Crippen LogP contribution in [0.25, 0.3) is 0 Å². The first-order chi connectivity index (χ1) is 9.36. The van der Waals surface area contributed by atoms with Crippen LogP contribution in [0.1, 0.15) is 19.4 Å². The standard InChI is InChI=1S/C14H17N3O3/c1-9(2)12(13(18)19)16-14(20)17(3)11-6-4-10(8-15)5-7-11/h4-7,9,12H,1-3H3,(H,16,20)(H,18,19)/t12-/m0/s1. The predicted octanol–water partition coefficient (Wildman–Crippen LogP) is 1.81. The van der Waals surface area contributed by atoms with Crippen molar-refractivity contribution in [3.05, 3.63) is 29.8 Å². The van der Waals surface area contributed by atoms with Gasteiger partial charge in [-0.05, 0) is 30.2 Å². The number of benzene rings is 1. The van der Waals surface area contributed by atoms with E-state index in [9.17, 15) is 9.59 Å². The van der Waals surface area contributed by atoms with Crippen molar-refractivity contribution in [2.45, 2.75) is 19.9 Å². The van der Waals surface area contributed by atoms with Gasteiger partial charge in [-0.25, -0.2) is 9.59 Å². The first kappa shape index (κ1) is 15.5. The highest BCUT2D eigenvalue weighted by Crippen LogP contribution is 2.14. The molecule has 2 N–H and O–H groups in total. The number of carbonyl (C=O) groups is 2. The van der Waals surface area contributed by atoms with E-state index in [1.807, 2.05) is 6.07 Å². The van der Waals surface area contributed by atoms with Crippen molar-refractivity contribution < 1.29 is 14.7 Å². The van der Waals surface area contributed by atoms with Gasteiger partial charge in [0.15, 0.2) is 0 Å². The molecule has 2 amide bonds. The smallest absolute Gasteiger partial charge is 0.326 e. The summed E-state index contributed by atoms with van der Waals surface area (Å²) in [4.78, 5) is 24.4. The molecule has 0 heterocycles. The summed E-state index contributed by atoms with van der Waals surface area (Å²) in [5.41, 5.74) is 1.07. The molecule has 106 valence electrons. The summed E-state index contributed by atoms with van der Waals surface area (Å²) >= 11 is 0. The Hall–Kier alpha value is -2.55. The van der Waals surface area contributed by atoms with E-state index in [0.29, 0.717) is 11.3 Å². The van der Waals surface area contributed by atoms with Gasteiger partial charge in [-0.3, -0.25) is 4.90 Å². The Bertz CT molecular complexity index is 532. The summed E-state index contributed by atoms with van der Waals surface area (Å²) in [6, 6.07) is 6.99. The van der Waals surface area contributed by atoms with Crippen LogP contribution < -0.4 is 10.2 Å². The molecule has 0 aromatic heterocycles. The van der Waals surface area contributed by atoms with E-state index >= 15 is 0 Å². The lowest BCUT2D eigenvalue weighted by molar-refractivity contribution is -0.140. The van der Waals surface area contributed by atoms with Gasteiger partial charge in [-0.15, -0.1) is 0 Å². The van der Waals surface area contributed by atoms with Gasteiger partial charge in [0.05, 0.1) is 11.6 Å². The zero-order valence-electron chi connectivity index (χ0n) is 11.6. The molecule has 0 aliphatic rings. The zero-order valence-corrected chi connectivity index (χ0v) is 11.6. The first-order valence-electron chi connectivity index (χ1n) is 6.14. The summed E-state index contributed by atoms with van der Waals surface area (Å²) in [7, 11) is 1.54. The second-order valence-electron chi connectivity index (χ2n) is 4.73. The Kier molecular flexibility index (Phi) is 5.09. The number of hydrogen-bond donors (Lipinski definition) is 2. The SMILES string of the molecule is CC(C)[C@H](NC(=O)N(C)c1ccc(C#N)cc1)C(=O)O. The van der Waals surface area contributed by atoms with Crippen molar-refractivity contribution in [1.82, 2.24) is 5.32 Å². The van der Waals surface area contributed by atoms with E-state index in [-0.39, 0.29) is 5.92 Å². The van der Waals surface area contributed by atoms with Crippen LogP contribution >= 0.6 is 0 Å². The Morgan fingerprint density at radius 3 is 2.25 bits per heavy atom. The van der Waals surface area contributed by atoms with Crippen LogP contribution in [0.5, 0.6) is 0 Å². The molecule has 0 saturated carbocycles. The number of nitrogens with zero attached hydrogens (tertiary/aromatic N) is 2. The molecule has 0 bridgehead atoms. The number of aliphatic carboxylic acids is 1. The highest BCUT2D eigenvalue weighted by Gasteiger charge is 2.25. The molecule has 6 nitrogen and oxygen atoms in total. The van der Waals surface area contributed by atoms with Crippen molar-refractivity contribution in [3.8, 4) is 6.07 Å². The van der Waals surface area contributed by atoms with Gasteiger partial charge in [0.2, 0.25) is 0 Å². The summed E-state index contributed by atoms with van der Waals surface area (Å²) in [5.74, 6) is -1.28. The van der Waals surface area contributed by atoms with Gasteiger partial charge in [0.25, 0.3) is 0 Å². The highest BCUT2D eigenvalue weighted by molar-refractivity contribution is 5.94. The quantitative estimate of drug-likeness (QED) is 0.876. The molecule has 1 aromatic rings. The zero-order chi connectivity index (χ0) is 15.3. The highest BCUT2D eigenvalue weighted by atomic mass is 16.4. The molecule has 1 aromatic carbocycles. The van der Waals surface area contributed by atoms with E-state index in [0.717, 1.165) is 0 Å². The van der Waals surface area contributed by atoms with Crippen LogP contribution in [0.15, 0.2) is 24.3 Å². The van der Waals surface area contributed by atoms with E-state index in [1.165, 1.54) is 11.9 Å². The van der Waals surface area contributed by atoms with E-state index in [4.69, 9.17) is 10.4 Å². The third-order valence-corrected chi connectivity index (χ3v) is 2.90. The van der Waals surface area contributed by atoms with Gasteiger partial charge in [-0.1, -0.05) is 13.8 Å². The van der Waals surface area contributed by atoms with Crippen molar-refractivity contribution in [2.24, 2.45) is 5.92 Å². The van der Waals surface area contributed by atoms with Crippen molar-refractivity contribution in [3.63, 3.8) is 0 Å². The van der Waals surface area contributed by atoms with Crippen molar-refractivity contribution in [2.75, 3.05) is 11.9 Å². The fourth-order valence-electron chi connectivity index (χ4n) is 1.62. The van der Waals surface area contributed by atoms with Gasteiger partial charge < -0.3 is 10.4 Å². The van der Waals surface area contributed by atoms with Crippen LogP contribution in [0.3, 0.4) is 0 Å². The minimum absolute atomic E-state index is 0.217. The summed E-state index contributed by atoms with van der Waals surface area (Å²) < 4.78 is 0. The van der Waals surface area contributed by atoms with Gasteiger partial charge in [0, 0.05) is 12.7 Å². The third-order valence-electron chi connectivity index (χ3n) is 2.90.